The molecule has 0 radical (unpaired) electrons. The summed E-state index contributed by atoms with van der Waals surface area (Å²) in [6.07, 6.45) is 0. The molecule has 0 aromatic heterocycles. The number of anilines is 1. The summed E-state index contributed by atoms with van der Waals surface area (Å²) in [5.74, 6) is 0.821. The lowest BCUT2D eigenvalue weighted by molar-refractivity contribution is 0.395. The molecule has 0 fully saturated rings. The lowest BCUT2D eigenvalue weighted by Gasteiger charge is -2.14. The molecular weight excluding hydrogens is 385 g/mol. The molecule has 0 unspecified atom stereocenters. The summed E-state index contributed by atoms with van der Waals surface area (Å²) in [5, 5.41) is 0.204. The van der Waals surface area contributed by atoms with Crippen LogP contribution < -0.4 is 14.2 Å². The number of hydrogen-bond acceptors (Lipinski definition) is 4. The Balaban J connectivity index is 2.45. The largest absolute Gasteiger partial charge is 0.497 e. The van der Waals surface area contributed by atoms with E-state index in [1.54, 1.807) is 12.1 Å². The summed E-state index contributed by atoms with van der Waals surface area (Å²) < 4.78 is 37.7. The van der Waals surface area contributed by atoms with Crippen molar-refractivity contribution in [3.8, 4) is 11.5 Å². The van der Waals surface area contributed by atoms with Gasteiger partial charge in [-0.1, -0.05) is 34.8 Å². The SMILES string of the molecule is COc1ccc(NS(=O)(=O)c2cc(Cl)c(Cl)cc2Cl)c(OC)c1. The molecule has 0 heterocycles. The predicted molar refractivity (Wildman–Crippen MR) is 91.8 cm³/mol. The molecule has 124 valence electrons. The summed E-state index contributed by atoms with van der Waals surface area (Å²) in [6, 6.07) is 7.11. The van der Waals surface area contributed by atoms with Gasteiger partial charge in [-0.2, -0.15) is 0 Å². The van der Waals surface area contributed by atoms with Gasteiger partial charge in [0.15, 0.2) is 0 Å². The van der Waals surface area contributed by atoms with E-state index in [9.17, 15) is 8.42 Å². The van der Waals surface area contributed by atoms with Gasteiger partial charge in [-0.15, -0.1) is 0 Å². The van der Waals surface area contributed by atoms with E-state index < -0.39 is 10.0 Å². The number of sulfonamides is 1. The Kier molecular flexibility index (Phi) is 5.52. The average Bonchev–Trinajstić information content (AvgIpc) is 2.50. The zero-order valence-corrected chi connectivity index (χ0v) is 15.1. The third-order valence-corrected chi connectivity index (χ3v) is 5.47. The molecule has 0 bridgehead atoms. The maximum Gasteiger partial charge on any atom is 0.263 e. The quantitative estimate of drug-likeness (QED) is 0.758. The number of rotatable bonds is 5. The Morgan fingerprint density at radius 1 is 0.913 bits per heavy atom. The van der Waals surface area contributed by atoms with Crippen LogP contribution >= 0.6 is 34.8 Å². The second-order valence-electron chi connectivity index (χ2n) is 4.37. The van der Waals surface area contributed by atoms with Crippen molar-refractivity contribution >= 4 is 50.5 Å². The lowest BCUT2D eigenvalue weighted by atomic mass is 10.3. The van der Waals surface area contributed by atoms with Crippen molar-refractivity contribution in [2.24, 2.45) is 0 Å². The van der Waals surface area contributed by atoms with Crippen molar-refractivity contribution in [1.82, 2.24) is 0 Å². The molecule has 9 heteroatoms. The maximum absolute atomic E-state index is 12.5. The zero-order chi connectivity index (χ0) is 17.2. The monoisotopic (exact) mass is 395 g/mol. The lowest BCUT2D eigenvalue weighted by Crippen LogP contribution is -2.14. The number of methoxy groups -OCH3 is 2. The minimum Gasteiger partial charge on any atom is -0.497 e. The topological polar surface area (TPSA) is 64.6 Å². The fraction of sp³-hybridized carbons (Fsp3) is 0.143. The zero-order valence-electron chi connectivity index (χ0n) is 12.1. The summed E-state index contributed by atoms with van der Waals surface area (Å²) in [6.45, 7) is 0. The van der Waals surface area contributed by atoms with Crippen LogP contribution in [0.4, 0.5) is 5.69 Å². The van der Waals surface area contributed by atoms with E-state index in [2.05, 4.69) is 4.72 Å². The standard InChI is InChI=1S/C14H12Cl3NO4S/c1-21-8-3-4-12(13(5-8)22-2)18-23(19,20)14-7-10(16)9(15)6-11(14)17/h3-7,18H,1-2H3. The van der Waals surface area contributed by atoms with Gasteiger partial charge in [0.25, 0.3) is 10.0 Å². The van der Waals surface area contributed by atoms with Crippen LogP contribution in [0.2, 0.25) is 15.1 Å². The number of halogens is 3. The van der Waals surface area contributed by atoms with Crippen LogP contribution in [0.25, 0.3) is 0 Å². The predicted octanol–water partition coefficient (Wildman–Crippen LogP) is 4.46. The maximum atomic E-state index is 12.5. The van der Waals surface area contributed by atoms with Gasteiger partial charge in [0.2, 0.25) is 0 Å². The van der Waals surface area contributed by atoms with Crippen LogP contribution in [-0.4, -0.2) is 22.6 Å². The van der Waals surface area contributed by atoms with Crippen LogP contribution in [0.15, 0.2) is 35.2 Å². The van der Waals surface area contributed by atoms with Crippen LogP contribution in [0.1, 0.15) is 0 Å². The molecule has 0 atom stereocenters. The molecule has 0 spiro atoms. The van der Waals surface area contributed by atoms with Gasteiger partial charge < -0.3 is 9.47 Å². The number of benzene rings is 2. The highest BCUT2D eigenvalue weighted by Gasteiger charge is 2.21. The normalized spacial score (nSPS) is 11.2. The van der Waals surface area contributed by atoms with Gasteiger partial charge >= 0.3 is 0 Å². The first-order valence-corrected chi connectivity index (χ1v) is 8.79. The molecule has 23 heavy (non-hydrogen) atoms. The van der Waals surface area contributed by atoms with Crippen molar-refractivity contribution in [2.45, 2.75) is 4.90 Å². The molecule has 0 aliphatic heterocycles. The van der Waals surface area contributed by atoms with Crippen molar-refractivity contribution in [3.63, 3.8) is 0 Å². The summed E-state index contributed by atoms with van der Waals surface area (Å²) in [5.41, 5.74) is 0.232. The van der Waals surface area contributed by atoms with E-state index in [-0.39, 0.29) is 25.7 Å². The van der Waals surface area contributed by atoms with E-state index in [0.717, 1.165) is 0 Å². The first-order valence-electron chi connectivity index (χ1n) is 6.18. The summed E-state index contributed by atoms with van der Waals surface area (Å²) in [7, 11) is -1.07. The van der Waals surface area contributed by atoms with E-state index in [4.69, 9.17) is 44.3 Å². The molecule has 0 saturated heterocycles. The highest BCUT2D eigenvalue weighted by Crippen LogP contribution is 2.35. The van der Waals surface area contributed by atoms with E-state index in [1.807, 2.05) is 0 Å². The molecule has 0 saturated carbocycles. The molecular formula is C14H12Cl3NO4S. The summed E-state index contributed by atoms with van der Waals surface area (Å²) >= 11 is 17.6. The second kappa shape index (κ2) is 7.05. The molecule has 2 aromatic rings. The fourth-order valence-corrected chi connectivity index (χ4v) is 3.87. The fourth-order valence-electron chi connectivity index (χ4n) is 1.79. The first kappa shape index (κ1) is 18.0. The number of nitrogens with one attached hydrogen (secondary N) is 1. The van der Waals surface area contributed by atoms with Gasteiger partial charge in [-0.05, 0) is 24.3 Å². The number of hydrogen-bond donors (Lipinski definition) is 1. The Hall–Kier alpha value is -1.34. The molecule has 2 rings (SSSR count). The molecule has 0 aliphatic rings. The van der Waals surface area contributed by atoms with Gasteiger partial charge in [-0.25, -0.2) is 8.42 Å². The Morgan fingerprint density at radius 2 is 1.57 bits per heavy atom. The van der Waals surface area contributed by atoms with Crippen LogP contribution in [0, 0.1) is 0 Å². The minimum atomic E-state index is -3.98. The molecule has 2 aromatic carbocycles. The smallest absolute Gasteiger partial charge is 0.263 e. The molecule has 5 nitrogen and oxygen atoms in total. The van der Waals surface area contributed by atoms with Gasteiger partial charge in [0, 0.05) is 6.07 Å². The van der Waals surface area contributed by atoms with E-state index in [0.29, 0.717) is 11.5 Å². The van der Waals surface area contributed by atoms with E-state index >= 15 is 0 Å². The van der Waals surface area contributed by atoms with Crippen LogP contribution in [0.3, 0.4) is 0 Å². The van der Waals surface area contributed by atoms with Crippen molar-refractivity contribution in [1.29, 1.82) is 0 Å². The summed E-state index contributed by atoms with van der Waals surface area (Å²) in [4.78, 5) is -0.188. The third-order valence-electron chi connectivity index (χ3n) is 2.92. The van der Waals surface area contributed by atoms with Crippen molar-refractivity contribution in [3.05, 3.63) is 45.4 Å². The minimum absolute atomic E-state index is 0.0422. The van der Waals surface area contributed by atoms with Gasteiger partial charge in [0.05, 0.1) is 35.0 Å². The van der Waals surface area contributed by atoms with Gasteiger partial charge in [-0.3, -0.25) is 4.72 Å². The van der Waals surface area contributed by atoms with Crippen molar-refractivity contribution in [2.75, 3.05) is 18.9 Å². The molecule has 0 amide bonds. The highest BCUT2D eigenvalue weighted by molar-refractivity contribution is 7.92. The Morgan fingerprint density at radius 3 is 2.17 bits per heavy atom. The molecule has 1 N–H and O–H groups in total. The average molecular weight is 397 g/mol. The Bertz CT molecular complexity index is 840. The van der Waals surface area contributed by atoms with Gasteiger partial charge in [0.1, 0.15) is 16.4 Å². The van der Waals surface area contributed by atoms with Crippen LogP contribution in [0.5, 0.6) is 11.5 Å². The second-order valence-corrected chi connectivity index (χ2v) is 7.24. The van der Waals surface area contributed by atoms with E-state index in [1.165, 1.54) is 32.4 Å². The van der Waals surface area contributed by atoms with Crippen LogP contribution in [-0.2, 0) is 10.0 Å². The third kappa shape index (κ3) is 3.95. The van der Waals surface area contributed by atoms with Crippen molar-refractivity contribution < 1.29 is 17.9 Å². The first-order chi connectivity index (χ1) is 10.8. The number of ether oxygens (including phenoxy) is 2. The molecule has 0 aliphatic carbocycles. The highest BCUT2D eigenvalue weighted by atomic mass is 35.5. The Labute approximate surface area is 149 Å².